The van der Waals surface area contributed by atoms with Gasteiger partial charge in [0.05, 0.1) is 11.6 Å². The maximum absolute atomic E-state index is 11.0. The van der Waals surface area contributed by atoms with Crippen molar-refractivity contribution in [2.75, 3.05) is 6.61 Å². The Bertz CT molecular complexity index is 405. The number of rotatable bonds is 4. The first-order valence-corrected chi connectivity index (χ1v) is 4.89. The monoisotopic (exact) mass is 222 g/mol. The summed E-state index contributed by atoms with van der Waals surface area (Å²) in [7, 11) is 0. The fraction of sp³-hybridized carbons (Fsp3) is 0.250. The predicted octanol–water partition coefficient (Wildman–Crippen LogP) is 2.94. The number of carbonyl (C=O) groups excluding carboxylic acids is 1. The van der Waals surface area contributed by atoms with Crippen LogP contribution in [0.3, 0.4) is 0 Å². The Morgan fingerprint density at radius 2 is 2.33 bits per heavy atom. The lowest BCUT2D eigenvalue weighted by Gasteiger charge is -2.06. The van der Waals surface area contributed by atoms with Crippen LogP contribution in [0.2, 0.25) is 5.02 Å². The molecular weight excluding hydrogens is 212 g/mol. The molecule has 0 spiro atoms. The van der Waals surface area contributed by atoms with Crippen LogP contribution in [-0.2, 0) is 0 Å². The van der Waals surface area contributed by atoms with Gasteiger partial charge in [0.15, 0.2) is 5.78 Å². The first-order chi connectivity index (χ1) is 7.15. The molecule has 1 aromatic rings. The molecule has 0 aliphatic carbocycles. The minimum atomic E-state index is -0.0212. The maximum atomic E-state index is 11.0. The van der Waals surface area contributed by atoms with Crippen molar-refractivity contribution in [1.82, 2.24) is 0 Å². The average molecular weight is 223 g/mol. The smallest absolute Gasteiger partial charge is 0.159 e. The van der Waals surface area contributed by atoms with Gasteiger partial charge in [-0.1, -0.05) is 11.6 Å². The molecular formula is C12H11ClO2. The third-order valence-electron chi connectivity index (χ3n) is 1.84. The number of hydrogen-bond donors (Lipinski definition) is 0. The van der Waals surface area contributed by atoms with Crippen molar-refractivity contribution < 1.29 is 9.53 Å². The molecule has 0 bridgehead atoms. The number of Topliss-reactive ketones (excluding diaryl/α,β-unsaturated/α-hetero) is 1. The van der Waals surface area contributed by atoms with E-state index in [0.717, 1.165) is 0 Å². The fourth-order valence-corrected chi connectivity index (χ4v) is 1.29. The van der Waals surface area contributed by atoms with Gasteiger partial charge in [-0.25, -0.2) is 0 Å². The minimum absolute atomic E-state index is 0.0212. The van der Waals surface area contributed by atoms with Crippen molar-refractivity contribution in [3.63, 3.8) is 0 Å². The van der Waals surface area contributed by atoms with Crippen LogP contribution in [0.4, 0.5) is 0 Å². The topological polar surface area (TPSA) is 26.3 Å². The van der Waals surface area contributed by atoms with Gasteiger partial charge in [-0.05, 0) is 25.1 Å². The zero-order chi connectivity index (χ0) is 11.3. The SMILES string of the molecule is C#CCCOc1ccc(C(C)=O)cc1Cl. The van der Waals surface area contributed by atoms with E-state index in [0.29, 0.717) is 29.4 Å². The van der Waals surface area contributed by atoms with Crippen molar-refractivity contribution in [1.29, 1.82) is 0 Å². The van der Waals surface area contributed by atoms with Gasteiger partial charge < -0.3 is 4.74 Å². The van der Waals surface area contributed by atoms with Gasteiger partial charge in [0, 0.05) is 12.0 Å². The number of halogens is 1. The first-order valence-electron chi connectivity index (χ1n) is 4.52. The van der Waals surface area contributed by atoms with Crippen molar-refractivity contribution in [2.24, 2.45) is 0 Å². The summed E-state index contributed by atoms with van der Waals surface area (Å²) in [4.78, 5) is 11.0. The fourth-order valence-electron chi connectivity index (χ4n) is 1.06. The second-order valence-electron chi connectivity index (χ2n) is 3.00. The Hall–Kier alpha value is -1.46. The van der Waals surface area contributed by atoms with E-state index in [1.807, 2.05) is 0 Å². The van der Waals surface area contributed by atoms with Crippen molar-refractivity contribution in [3.05, 3.63) is 28.8 Å². The molecule has 0 saturated carbocycles. The van der Waals surface area contributed by atoms with E-state index < -0.39 is 0 Å². The van der Waals surface area contributed by atoms with Gasteiger partial charge in [0.2, 0.25) is 0 Å². The van der Waals surface area contributed by atoms with Crippen LogP contribution in [0.1, 0.15) is 23.7 Å². The molecule has 1 rings (SSSR count). The van der Waals surface area contributed by atoms with E-state index in [2.05, 4.69) is 5.92 Å². The molecule has 3 heteroatoms. The molecule has 0 N–H and O–H groups in total. The number of terminal acetylenes is 1. The quantitative estimate of drug-likeness (QED) is 0.445. The molecule has 0 unspecified atom stereocenters. The van der Waals surface area contributed by atoms with Gasteiger partial charge >= 0.3 is 0 Å². The Morgan fingerprint density at radius 3 is 2.87 bits per heavy atom. The van der Waals surface area contributed by atoms with Crippen LogP contribution < -0.4 is 4.74 Å². The van der Waals surface area contributed by atoms with Crippen molar-refractivity contribution >= 4 is 17.4 Å². The van der Waals surface area contributed by atoms with Crippen LogP contribution in [-0.4, -0.2) is 12.4 Å². The van der Waals surface area contributed by atoms with Gasteiger partial charge in [-0.2, -0.15) is 0 Å². The van der Waals surface area contributed by atoms with Crippen LogP contribution in [0.15, 0.2) is 18.2 Å². The number of ether oxygens (including phenoxy) is 1. The third-order valence-corrected chi connectivity index (χ3v) is 2.14. The molecule has 1 aromatic carbocycles. The number of carbonyl (C=O) groups is 1. The average Bonchev–Trinajstić information content (AvgIpc) is 2.20. The summed E-state index contributed by atoms with van der Waals surface area (Å²) in [6.45, 7) is 1.92. The lowest BCUT2D eigenvalue weighted by molar-refractivity contribution is 0.101. The van der Waals surface area contributed by atoms with Crippen LogP contribution >= 0.6 is 11.6 Å². The van der Waals surface area contributed by atoms with Crippen LogP contribution in [0.25, 0.3) is 0 Å². The second kappa shape index (κ2) is 5.43. The summed E-state index contributed by atoms with van der Waals surface area (Å²) >= 11 is 5.92. The summed E-state index contributed by atoms with van der Waals surface area (Å²) < 4.78 is 5.33. The molecule has 0 aromatic heterocycles. The Morgan fingerprint density at radius 1 is 1.60 bits per heavy atom. The molecule has 0 saturated heterocycles. The van der Waals surface area contributed by atoms with Crippen LogP contribution in [0.5, 0.6) is 5.75 Å². The molecule has 0 atom stereocenters. The molecule has 2 nitrogen and oxygen atoms in total. The standard InChI is InChI=1S/C12H11ClO2/c1-3-4-7-15-12-6-5-10(9(2)14)8-11(12)13/h1,5-6,8H,4,7H2,2H3. The Labute approximate surface area is 94.2 Å². The summed E-state index contributed by atoms with van der Waals surface area (Å²) in [5, 5.41) is 0.430. The van der Waals surface area contributed by atoms with Gasteiger partial charge in [-0.15, -0.1) is 12.3 Å². The summed E-state index contributed by atoms with van der Waals surface area (Å²) in [6.07, 6.45) is 5.62. The summed E-state index contributed by atoms with van der Waals surface area (Å²) in [6, 6.07) is 4.95. The first kappa shape index (κ1) is 11.6. The lowest BCUT2D eigenvalue weighted by Crippen LogP contribution is -1.98. The molecule has 15 heavy (non-hydrogen) atoms. The van der Waals surface area contributed by atoms with Gasteiger partial charge in [0.1, 0.15) is 5.75 Å². The molecule has 0 heterocycles. The highest BCUT2D eigenvalue weighted by molar-refractivity contribution is 6.32. The highest BCUT2D eigenvalue weighted by atomic mass is 35.5. The van der Waals surface area contributed by atoms with E-state index in [-0.39, 0.29) is 5.78 Å². The molecule has 78 valence electrons. The largest absolute Gasteiger partial charge is 0.491 e. The van der Waals surface area contributed by atoms with Gasteiger partial charge in [-0.3, -0.25) is 4.79 Å². The van der Waals surface area contributed by atoms with E-state index in [1.54, 1.807) is 18.2 Å². The van der Waals surface area contributed by atoms with Gasteiger partial charge in [0.25, 0.3) is 0 Å². The normalized spacial score (nSPS) is 9.40. The molecule has 0 radical (unpaired) electrons. The zero-order valence-electron chi connectivity index (χ0n) is 8.42. The number of ketones is 1. The highest BCUT2D eigenvalue weighted by Gasteiger charge is 2.05. The lowest BCUT2D eigenvalue weighted by atomic mass is 10.1. The van der Waals surface area contributed by atoms with E-state index in [1.165, 1.54) is 6.92 Å². The number of benzene rings is 1. The highest BCUT2D eigenvalue weighted by Crippen LogP contribution is 2.25. The Kier molecular flexibility index (Phi) is 4.20. The number of hydrogen-bond acceptors (Lipinski definition) is 2. The molecule has 0 fully saturated rings. The summed E-state index contributed by atoms with van der Waals surface area (Å²) in [5.41, 5.74) is 0.573. The summed E-state index contributed by atoms with van der Waals surface area (Å²) in [5.74, 6) is 3.00. The minimum Gasteiger partial charge on any atom is -0.491 e. The van der Waals surface area contributed by atoms with E-state index in [4.69, 9.17) is 22.8 Å². The van der Waals surface area contributed by atoms with E-state index >= 15 is 0 Å². The molecule has 0 aliphatic rings. The van der Waals surface area contributed by atoms with Crippen LogP contribution in [0, 0.1) is 12.3 Å². The Balaban J connectivity index is 2.76. The molecule has 0 amide bonds. The van der Waals surface area contributed by atoms with E-state index in [9.17, 15) is 4.79 Å². The van der Waals surface area contributed by atoms with Crippen molar-refractivity contribution in [2.45, 2.75) is 13.3 Å². The second-order valence-corrected chi connectivity index (χ2v) is 3.41. The molecule has 0 aliphatic heterocycles. The van der Waals surface area contributed by atoms with Crippen molar-refractivity contribution in [3.8, 4) is 18.1 Å². The predicted molar refractivity (Wildman–Crippen MR) is 60.4 cm³/mol. The zero-order valence-corrected chi connectivity index (χ0v) is 9.17. The third kappa shape index (κ3) is 3.30. The maximum Gasteiger partial charge on any atom is 0.159 e.